The number of benzene rings is 1. The van der Waals surface area contributed by atoms with E-state index in [0.29, 0.717) is 27.9 Å². The first-order valence-corrected chi connectivity index (χ1v) is 13.8. The smallest absolute Gasteiger partial charge is 0.251 e. The second-order valence-electron chi connectivity index (χ2n) is 9.08. The van der Waals surface area contributed by atoms with E-state index in [1.165, 1.54) is 16.8 Å². The molecule has 1 aromatic carbocycles. The molecule has 1 amide bonds. The Labute approximate surface area is 225 Å². The Morgan fingerprint density at radius 2 is 1.95 bits per heavy atom. The maximum absolute atomic E-state index is 12.9. The van der Waals surface area contributed by atoms with Crippen LogP contribution in [0, 0.1) is 18.3 Å². The number of nitriles is 1. The van der Waals surface area contributed by atoms with Crippen LogP contribution in [-0.4, -0.2) is 35.1 Å². The standard InChI is InChI=1S/C28H26N6O4S/c1-18-11-26(30)33-24(15-29)23(18)16-32-28(36)20-8-9-31-22(14-20)12-19-6-7-21(25(13-19)39(2,37)38)17-34-10-4-3-5-27(34)35/h3-11,13-14H,12,16-17H2,1-2H3,(H2,30,33)(H,32,36). The molecular weight excluding hydrogens is 516 g/mol. The Hall–Kier alpha value is -4.82. The lowest BCUT2D eigenvalue weighted by molar-refractivity contribution is 0.0950. The fourth-order valence-electron chi connectivity index (χ4n) is 4.20. The summed E-state index contributed by atoms with van der Waals surface area (Å²) < 4.78 is 26.6. The monoisotopic (exact) mass is 542 g/mol. The molecule has 0 saturated heterocycles. The predicted molar refractivity (Wildman–Crippen MR) is 146 cm³/mol. The average molecular weight is 543 g/mol. The van der Waals surface area contributed by atoms with Crippen molar-refractivity contribution in [3.63, 3.8) is 0 Å². The molecule has 0 aliphatic rings. The van der Waals surface area contributed by atoms with E-state index in [1.54, 1.807) is 61.7 Å². The van der Waals surface area contributed by atoms with Crippen LogP contribution in [0.5, 0.6) is 0 Å². The quantitative estimate of drug-likeness (QED) is 0.343. The number of nitrogens with zero attached hydrogens (tertiary/aromatic N) is 4. The zero-order valence-corrected chi connectivity index (χ0v) is 22.2. The summed E-state index contributed by atoms with van der Waals surface area (Å²) in [5.74, 6) is -0.127. The Morgan fingerprint density at radius 3 is 2.67 bits per heavy atom. The lowest BCUT2D eigenvalue weighted by Gasteiger charge is -2.13. The summed E-state index contributed by atoms with van der Waals surface area (Å²) in [6, 6.07) is 16.6. The van der Waals surface area contributed by atoms with Gasteiger partial charge in [-0.05, 0) is 53.9 Å². The van der Waals surface area contributed by atoms with Gasteiger partial charge in [0.15, 0.2) is 9.84 Å². The molecule has 4 aromatic rings. The minimum absolute atomic E-state index is 0.0994. The zero-order chi connectivity index (χ0) is 28.2. The normalized spacial score (nSPS) is 11.1. The number of anilines is 1. The summed E-state index contributed by atoms with van der Waals surface area (Å²) in [6.45, 7) is 2.01. The molecule has 4 rings (SSSR count). The molecule has 0 saturated carbocycles. The van der Waals surface area contributed by atoms with Gasteiger partial charge in [-0.15, -0.1) is 0 Å². The highest BCUT2D eigenvalue weighted by Crippen LogP contribution is 2.21. The van der Waals surface area contributed by atoms with Gasteiger partial charge >= 0.3 is 0 Å². The number of hydrogen-bond acceptors (Lipinski definition) is 8. The Kier molecular flexibility index (Phi) is 7.88. The van der Waals surface area contributed by atoms with Crippen molar-refractivity contribution in [2.24, 2.45) is 0 Å². The van der Waals surface area contributed by atoms with Gasteiger partial charge in [0.25, 0.3) is 11.5 Å². The van der Waals surface area contributed by atoms with Crippen LogP contribution >= 0.6 is 0 Å². The number of pyridine rings is 3. The van der Waals surface area contributed by atoms with E-state index in [2.05, 4.69) is 15.3 Å². The van der Waals surface area contributed by atoms with Crippen molar-refractivity contribution in [2.45, 2.75) is 31.3 Å². The number of sulfone groups is 1. The maximum atomic E-state index is 12.9. The molecular formula is C28H26N6O4S. The van der Waals surface area contributed by atoms with Crippen molar-refractivity contribution in [1.82, 2.24) is 19.9 Å². The summed E-state index contributed by atoms with van der Waals surface area (Å²) in [5, 5.41) is 12.2. The number of amides is 1. The van der Waals surface area contributed by atoms with E-state index in [1.807, 2.05) is 6.07 Å². The third-order valence-electron chi connectivity index (χ3n) is 6.13. The van der Waals surface area contributed by atoms with Crippen molar-refractivity contribution in [3.8, 4) is 6.07 Å². The van der Waals surface area contributed by atoms with Gasteiger partial charge in [-0.2, -0.15) is 5.26 Å². The van der Waals surface area contributed by atoms with Gasteiger partial charge < -0.3 is 15.6 Å². The molecule has 0 spiro atoms. The van der Waals surface area contributed by atoms with Crippen LogP contribution in [0.2, 0.25) is 0 Å². The SMILES string of the molecule is Cc1cc(N)nc(C#N)c1CNC(=O)c1ccnc(Cc2ccc(Cn3ccccc3=O)c(S(C)(=O)=O)c2)c1. The number of nitrogens with two attached hydrogens (primary N) is 1. The molecule has 3 aromatic heterocycles. The highest BCUT2D eigenvalue weighted by molar-refractivity contribution is 7.90. The van der Waals surface area contributed by atoms with Crippen LogP contribution in [0.1, 0.15) is 44.0 Å². The first-order chi connectivity index (χ1) is 18.5. The van der Waals surface area contributed by atoms with E-state index < -0.39 is 9.84 Å². The molecule has 0 aliphatic carbocycles. The molecule has 0 unspecified atom stereocenters. The van der Waals surface area contributed by atoms with Crippen molar-refractivity contribution < 1.29 is 13.2 Å². The highest BCUT2D eigenvalue weighted by Gasteiger charge is 2.16. The van der Waals surface area contributed by atoms with E-state index in [4.69, 9.17) is 5.73 Å². The topological polar surface area (TPSA) is 161 Å². The molecule has 0 radical (unpaired) electrons. The number of nitrogens with one attached hydrogen (secondary N) is 1. The second kappa shape index (κ2) is 11.3. The summed E-state index contributed by atoms with van der Waals surface area (Å²) >= 11 is 0. The molecule has 10 nitrogen and oxygen atoms in total. The number of carbonyl (C=O) groups excluding carboxylic acids is 1. The number of aryl methyl sites for hydroxylation is 1. The van der Waals surface area contributed by atoms with Crippen LogP contribution in [0.25, 0.3) is 0 Å². The van der Waals surface area contributed by atoms with Crippen molar-refractivity contribution in [2.75, 3.05) is 12.0 Å². The minimum atomic E-state index is -3.58. The Balaban J connectivity index is 1.53. The average Bonchev–Trinajstić information content (AvgIpc) is 2.89. The van der Waals surface area contributed by atoms with Crippen LogP contribution in [-0.2, 0) is 29.3 Å². The largest absolute Gasteiger partial charge is 0.384 e. The van der Waals surface area contributed by atoms with Gasteiger partial charge in [0, 0.05) is 54.5 Å². The summed E-state index contributed by atoms with van der Waals surface area (Å²) in [5.41, 5.74) is 9.09. The van der Waals surface area contributed by atoms with Gasteiger partial charge in [0.1, 0.15) is 17.6 Å². The lowest BCUT2D eigenvalue weighted by Crippen LogP contribution is -2.24. The Morgan fingerprint density at radius 1 is 1.15 bits per heavy atom. The molecule has 0 aliphatic heterocycles. The molecule has 0 bridgehead atoms. The summed E-state index contributed by atoms with van der Waals surface area (Å²) in [6.07, 6.45) is 4.53. The van der Waals surface area contributed by atoms with Gasteiger partial charge in [-0.25, -0.2) is 13.4 Å². The predicted octanol–water partition coefficient (Wildman–Crippen LogP) is 2.37. The molecule has 11 heteroatoms. The fraction of sp³-hybridized carbons (Fsp3) is 0.179. The number of nitrogen functional groups attached to an aromatic ring is 1. The van der Waals surface area contributed by atoms with Crippen molar-refractivity contribution in [1.29, 1.82) is 5.26 Å². The van der Waals surface area contributed by atoms with Crippen LogP contribution in [0.15, 0.2) is 76.7 Å². The number of carbonyl (C=O) groups is 1. The maximum Gasteiger partial charge on any atom is 0.251 e. The van der Waals surface area contributed by atoms with Gasteiger partial charge in [-0.1, -0.05) is 18.2 Å². The van der Waals surface area contributed by atoms with E-state index in [-0.39, 0.29) is 47.4 Å². The lowest BCUT2D eigenvalue weighted by atomic mass is 10.0. The summed E-state index contributed by atoms with van der Waals surface area (Å²) in [4.78, 5) is 33.5. The van der Waals surface area contributed by atoms with Gasteiger partial charge in [0.2, 0.25) is 0 Å². The molecule has 0 fully saturated rings. The Bertz CT molecular complexity index is 1770. The van der Waals surface area contributed by atoms with Crippen LogP contribution in [0.3, 0.4) is 0 Å². The van der Waals surface area contributed by atoms with Gasteiger partial charge in [0.05, 0.1) is 11.4 Å². The van der Waals surface area contributed by atoms with Gasteiger partial charge in [-0.3, -0.25) is 14.6 Å². The zero-order valence-electron chi connectivity index (χ0n) is 21.4. The third-order valence-corrected chi connectivity index (χ3v) is 7.31. The second-order valence-corrected chi connectivity index (χ2v) is 11.1. The summed E-state index contributed by atoms with van der Waals surface area (Å²) in [7, 11) is -3.58. The van der Waals surface area contributed by atoms with Crippen LogP contribution < -0.4 is 16.6 Å². The van der Waals surface area contributed by atoms with Crippen molar-refractivity contribution >= 4 is 21.6 Å². The first kappa shape index (κ1) is 27.2. The molecule has 198 valence electrons. The molecule has 3 heterocycles. The van der Waals surface area contributed by atoms with E-state index in [0.717, 1.165) is 11.8 Å². The number of hydrogen-bond donors (Lipinski definition) is 2. The molecule has 0 atom stereocenters. The van der Waals surface area contributed by atoms with E-state index in [9.17, 15) is 23.3 Å². The third kappa shape index (κ3) is 6.55. The number of rotatable bonds is 8. The fourth-order valence-corrected chi connectivity index (χ4v) is 5.17. The molecule has 39 heavy (non-hydrogen) atoms. The highest BCUT2D eigenvalue weighted by atomic mass is 32.2. The first-order valence-electron chi connectivity index (χ1n) is 11.9. The van der Waals surface area contributed by atoms with Crippen LogP contribution in [0.4, 0.5) is 5.82 Å². The van der Waals surface area contributed by atoms with Crippen molar-refractivity contribution in [3.05, 3.63) is 117 Å². The number of aromatic nitrogens is 3. The minimum Gasteiger partial charge on any atom is -0.384 e. The van der Waals surface area contributed by atoms with E-state index >= 15 is 0 Å². The molecule has 3 N–H and O–H groups in total.